The third kappa shape index (κ3) is 3.09. The first-order valence-electron chi connectivity index (χ1n) is 5.49. The van der Waals surface area contributed by atoms with Gasteiger partial charge >= 0.3 is 0 Å². The fourth-order valence-electron chi connectivity index (χ4n) is 1.52. The molecule has 92 valence electrons. The number of nitrogens with one attached hydrogen (secondary N) is 1. The van der Waals surface area contributed by atoms with Crippen molar-refractivity contribution in [2.45, 2.75) is 18.1 Å². The Morgan fingerprint density at radius 3 is 2.83 bits per heavy atom. The number of rotatable bonds is 3. The van der Waals surface area contributed by atoms with Crippen molar-refractivity contribution in [2.75, 3.05) is 0 Å². The van der Waals surface area contributed by atoms with Gasteiger partial charge in [0.2, 0.25) is 0 Å². The fraction of sp³-hybridized carbons (Fsp3) is 0.231. The van der Waals surface area contributed by atoms with Crippen LogP contribution in [0, 0.1) is 11.3 Å². The summed E-state index contributed by atoms with van der Waals surface area (Å²) in [5, 5.41) is 11.8. The first kappa shape index (κ1) is 13.1. The Labute approximate surface area is 115 Å². The van der Waals surface area contributed by atoms with E-state index in [0.717, 1.165) is 9.99 Å². The molecule has 18 heavy (non-hydrogen) atoms. The van der Waals surface area contributed by atoms with Gasteiger partial charge in [-0.2, -0.15) is 5.26 Å². The molecule has 1 aliphatic rings. The van der Waals surface area contributed by atoms with Crippen LogP contribution in [0.4, 0.5) is 0 Å². The monoisotopic (exact) mass is 276 g/mol. The quantitative estimate of drug-likeness (QED) is 0.922. The SMILES string of the molecule is C[C@@H]1NC(=O)C(C#N)=C(SCc2ccccc2)S1. The van der Waals surface area contributed by atoms with Crippen LogP contribution in [0.5, 0.6) is 0 Å². The number of hydrogen-bond donors (Lipinski definition) is 1. The van der Waals surface area contributed by atoms with Crippen molar-refractivity contribution in [1.82, 2.24) is 5.32 Å². The van der Waals surface area contributed by atoms with E-state index >= 15 is 0 Å². The number of thioether (sulfide) groups is 2. The number of benzene rings is 1. The van der Waals surface area contributed by atoms with Crippen LogP contribution in [0.1, 0.15) is 12.5 Å². The van der Waals surface area contributed by atoms with Crippen molar-refractivity contribution in [3.05, 3.63) is 45.7 Å². The van der Waals surface area contributed by atoms with Gasteiger partial charge in [-0.15, -0.1) is 11.8 Å². The minimum absolute atomic E-state index is 0.0212. The molecule has 2 rings (SSSR count). The number of nitrogens with zero attached hydrogens (tertiary/aromatic N) is 1. The molecule has 0 spiro atoms. The second kappa shape index (κ2) is 5.98. The molecule has 0 aromatic heterocycles. The molecule has 0 bridgehead atoms. The zero-order valence-corrected chi connectivity index (χ0v) is 11.5. The molecule has 1 atom stereocenters. The topological polar surface area (TPSA) is 52.9 Å². The Kier molecular flexibility index (Phi) is 4.34. The molecule has 1 aliphatic heterocycles. The molecular formula is C13H12N2OS2. The van der Waals surface area contributed by atoms with Gasteiger partial charge in [0.05, 0.1) is 9.61 Å². The van der Waals surface area contributed by atoms with E-state index < -0.39 is 0 Å². The van der Waals surface area contributed by atoms with Crippen LogP contribution in [0.25, 0.3) is 0 Å². The van der Waals surface area contributed by atoms with Gasteiger partial charge in [0.25, 0.3) is 5.91 Å². The number of hydrogen-bond acceptors (Lipinski definition) is 4. The Morgan fingerprint density at radius 2 is 2.17 bits per heavy atom. The molecule has 0 fully saturated rings. The van der Waals surface area contributed by atoms with Gasteiger partial charge in [-0.25, -0.2) is 0 Å². The van der Waals surface area contributed by atoms with E-state index in [-0.39, 0.29) is 16.9 Å². The highest BCUT2D eigenvalue weighted by Gasteiger charge is 2.25. The van der Waals surface area contributed by atoms with E-state index in [0.29, 0.717) is 0 Å². The molecule has 1 N–H and O–H groups in total. The first-order valence-corrected chi connectivity index (χ1v) is 7.36. The van der Waals surface area contributed by atoms with E-state index in [1.54, 1.807) is 11.8 Å². The molecule has 0 saturated carbocycles. The van der Waals surface area contributed by atoms with Gasteiger partial charge in [0.15, 0.2) is 0 Å². The fourth-order valence-corrected chi connectivity index (χ4v) is 3.92. The predicted octanol–water partition coefficient (Wildman–Crippen LogP) is 2.86. The van der Waals surface area contributed by atoms with Gasteiger partial charge in [-0.3, -0.25) is 4.79 Å². The molecule has 0 saturated heterocycles. The third-order valence-electron chi connectivity index (χ3n) is 2.37. The summed E-state index contributed by atoms with van der Waals surface area (Å²) in [6.45, 7) is 1.92. The average molecular weight is 276 g/mol. The summed E-state index contributed by atoms with van der Waals surface area (Å²) in [6, 6.07) is 12.0. The van der Waals surface area contributed by atoms with Crippen molar-refractivity contribution >= 4 is 29.4 Å². The molecule has 5 heteroatoms. The van der Waals surface area contributed by atoms with Crippen LogP contribution < -0.4 is 5.32 Å². The lowest BCUT2D eigenvalue weighted by Crippen LogP contribution is -2.34. The van der Waals surface area contributed by atoms with Gasteiger partial charge in [-0.1, -0.05) is 42.1 Å². The average Bonchev–Trinajstić information content (AvgIpc) is 2.37. The lowest BCUT2D eigenvalue weighted by atomic mass is 10.2. The maximum absolute atomic E-state index is 11.6. The zero-order chi connectivity index (χ0) is 13.0. The standard InChI is InChI=1S/C13H12N2OS2/c1-9-15-12(16)11(7-14)13(18-9)17-8-10-5-3-2-4-6-10/h2-6,9H,8H2,1H3,(H,15,16)/t9-/m1/s1. The van der Waals surface area contributed by atoms with Gasteiger partial charge in [-0.05, 0) is 12.5 Å². The van der Waals surface area contributed by atoms with Crippen molar-refractivity contribution in [1.29, 1.82) is 5.26 Å². The number of nitriles is 1. The molecule has 0 unspecified atom stereocenters. The molecule has 1 amide bonds. The zero-order valence-electron chi connectivity index (χ0n) is 9.84. The Hall–Kier alpha value is -1.38. The Bertz CT molecular complexity index is 520. The lowest BCUT2D eigenvalue weighted by molar-refractivity contribution is -0.117. The molecule has 1 aromatic carbocycles. The summed E-state index contributed by atoms with van der Waals surface area (Å²) in [5.41, 5.74) is 1.42. The Balaban J connectivity index is 2.12. The minimum Gasteiger partial charge on any atom is -0.340 e. The van der Waals surface area contributed by atoms with E-state index in [1.807, 2.05) is 43.3 Å². The molecule has 3 nitrogen and oxygen atoms in total. The summed E-state index contributed by atoms with van der Waals surface area (Å²) in [7, 11) is 0. The van der Waals surface area contributed by atoms with Crippen LogP contribution in [-0.4, -0.2) is 11.3 Å². The second-order valence-corrected chi connectivity index (χ2v) is 6.38. The summed E-state index contributed by atoms with van der Waals surface area (Å²) >= 11 is 3.08. The van der Waals surface area contributed by atoms with Crippen molar-refractivity contribution in [2.24, 2.45) is 0 Å². The molecule has 1 aromatic rings. The summed E-state index contributed by atoms with van der Waals surface area (Å²) in [4.78, 5) is 11.6. The minimum atomic E-state index is -0.265. The highest BCUT2D eigenvalue weighted by Crippen LogP contribution is 2.38. The highest BCUT2D eigenvalue weighted by atomic mass is 32.2. The third-order valence-corrected chi connectivity index (χ3v) is 4.85. The molecular weight excluding hydrogens is 264 g/mol. The number of carbonyl (C=O) groups is 1. The second-order valence-electron chi connectivity index (χ2n) is 3.78. The van der Waals surface area contributed by atoms with Crippen LogP contribution >= 0.6 is 23.5 Å². The van der Waals surface area contributed by atoms with Gasteiger partial charge < -0.3 is 5.32 Å². The molecule has 1 heterocycles. The summed E-state index contributed by atoms with van der Waals surface area (Å²) < 4.78 is 0.817. The normalized spacial score (nSPS) is 19.3. The number of amides is 1. The summed E-state index contributed by atoms with van der Waals surface area (Å²) in [5.74, 6) is 0.508. The van der Waals surface area contributed by atoms with E-state index in [9.17, 15) is 4.79 Å². The van der Waals surface area contributed by atoms with Crippen molar-refractivity contribution < 1.29 is 4.79 Å². The predicted molar refractivity (Wildman–Crippen MR) is 75.6 cm³/mol. The van der Waals surface area contributed by atoms with Crippen LogP contribution in [0.2, 0.25) is 0 Å². The smallest absolute Gasteiger partial charge is 0.264 e. The van der Waals surface area contributed by atoms with Crippen LogP contribution in [0.3, 0.4) is 0 Å². The number of carbonyl (C=O) groups excluding carboxylic acids is 1. The Morgan fingerprint density at radius 1 is 1.44 bits per heavy atom. The molecule has 0 radical (unpaired) electrons. The van der Waals surface area contributed by atoms with E-state index in [1.165, 1.54) is 17.3 Å². The van der Waals surface area contributed by atoms with Crippen molar-refractivity contribution in [3.8, 4) is 6.07 Å². The molecule has 0 aliphatic carbocycles. The highest BCUT2D eigenvalue weighted by molar-refractivity contribution is 8.22. The van der Waals surface area contributed by atoms with E-state index in [2.05, 4.69) is 5.32 Å². The van der Waals surface area contributed by atoms with Crippen LogP contribution in [-0.2, 0) is 10.5 Å². The maximum atomic E-state index is 11.6. The largest absolute Gasteiger partial charge is 0.340 e. The first-order chi connectivity index (χ1) is 8.70. The van der Waals surface area contributed by atoms with E-state index in [4.69, 9.17) is 5.26 Å². The van der Waals surface area contributed by atoms with Crippen LogP contribution in [0.15, 0.2) is 40.1 Å². The van der Waals surface area contributed by atoms with Crippen molar-refractivity contribution in [3.63, 3.8) is 0 Å². The maximum Gasteiger partial charge on any atom is 0.264 e. The lowest BCUT2D eigenvalue weighted by Gasteiger charge is -2.21. The van der Waals surface area contributed by atoms with Gasteiger partial charge in [0.1, 0.15) is 11.6 Å². The van der Waals surface area contributed by atoms with Gasteiger partial charge in [0, 0.05) is 5.75 Å². The summed E-state index contributed by atoms with van der Waals surface area (Å²) in [6.07, 6.45) is 0.